The van der Waals surface area contributed by atoms with E-state index < -0.39 is 21.4 Å². The molecule has 1 fully saturated rings. The number of nitrogens with zero attached hydrogens (tertiary/aromatic N) is 3. The molecule has 1 amide bonds. The van der Waals surface area contributed by atoms with Gasteiger partial charge in [-0.25, -0.2) is 17.8 Å². The minimum atomic E-state index is -3.95. The van der Waals surface area contributed by atoms with Gasteiger partial charge in [0.1, 0.15) is 5.82 Å². The van der Waals surface area contributed by atoms with Crippen molar-refractivity contribution in [2.75, 3.05) is 26.9 Å². The molecule has 10 heteroatoms. The maximum atomic E-state index is 14.2. The Kier molecular flexibility index (Phi) is 9.21. The molecule has 34 heavy (non-hydrogen) atoms. The van der Waals surface area contributed by atoms with E-state index in [2.05, 4.69) is 4.98 Å². The Morgan fingerprint density at radius 2 is 2.12 bits per heavy atom. The van der Waals surface area contributed by atoms with E-state index in [4.69, 9.17) is 9.47 Å². The minimum Gasteiger partial charge on any atom is -0.383 e. The quantitative estimate of drug-likeness (QED) is 0.449. The summed E-state index contributed by atoms with van der Waals surface area (Å²) in [5, 5.41) is -0.135. The number of imidazole rings is 1. The summed E-state index contributed by atoms with van der Waals surface area (Å²) in [7, 11) is -2.38. The van der Waals surface area contributed by atoms with E-state index in [1.165, 1.54) is 24.4 Å². The average Bonchev–Trinajstić information content (AvgIpc) is 3.43. The van der Waals surface area contributed by atoms with Gasteiger partial charge in [0, 0.05) is 32.2 Å². The number of methoxy groups -OCH3 is 1. The van der Waals surface area contributed by atoms with Gasteiger partial charge in [-0.2, -0.15) is 0 Å². The second-order valence-corrected chi connectivity index (χ2v) is 10.9. The summed E-state index contributed by atoms with van der Waals surface area (Å²) in [5.41, 5.74) is 0.681. The highest BCUT2D eigenvalue weighted by atomic mass is 32.2. The van der Waals surface area contributed by atoms with Crippen LogP contribution in [0.2, 0.25) is 0 Å². The molecule has 2 aromatic rings. The third-order valence-electron chi connectivity index (χ3n) is 5.75. The molecule has 0 spiro atoms. The van der Waals surface area contributed by atoms with Crippen molar-refractivity contribution in [2.45, 2.75) is 63.2 Å². The highest BCUT2D eigenvalue weighted by Crippen LogP contribution is 2.23. The summed E-state index contributed by atoms with van der Waals surface area (Å²) in [6.07, 6.45) is 3.44. The molecule has 0 saturated carbocycles. The number of halogens is 1. The molecule has 2 heterocycles. The molecule has 8 nitrogen and oxygen atoms in total. The van der Waals surface area contributed by atoms with Crippen LogP contribution < -0.4 is 0 Å². The topological polar surface area (TPSA) is 90.7 Å². The molecule has 1 aliphatic rings. The van der Waals surface area contributed by atoms with Crippen molar-refractivity contribution in [1.82, 2.24) is 14.5 Å². The largest absolute Gasteiger partial charge is 0.383 e. The van der Waals surface area contributed by atoms with Crippen LogP contribution in [0.3, 0.4) is 0 Å². The zero-order valence-electron chi connectivity index (χ0n) is 20.1. The molecular weight excluding hydrogens is 461 g/mol. The van der Waals surface area contributed by atoms with Crippen molar-refractivity contribution in [3.05, 3.63) is 47.5 Å². The number of aromatic nitrogens is 2. The summed E-state index contributed by atoms with van der Waals surface area (Å²) in [4.78, 5) is 18.8. The van der Waals surface area contributed by atoms with E-state index in [1.807, 2.05) is 13.8 Å². The SMILES string of the molecule is COCCN(Cc1cnc(S(=O)(=O)Cc2ccccc2F)n1CC1CCCO1)C(=O)CC(C)C. The summed E-state index contributed by atoms with van der Waals surface area (Å²) in [6.45, 7) is 5.82. The lowest BCUT2D eigenvalue weighted by Gasteiger charge is -2.25. The van der Waals surface area contributed by atoms with E-state index in [0.717, 1.165) is 12.8 Å². The van der Waals surface area contributed by atoms with Crippen molar-refractivity contribution in [3.63, 3.8) is 0 Å². The Labute approximate surface area is 201 Å². The van der Waals surface area contributed by atoms with Gasteiger partial charge in [0.25, 0.3) is 0 Å². The van der Waals surface area contributed by atoms with Gasteiger partial charge in [-0.05, 0) is 24.8 Å². The Morgan fingerprint density at radius 3 is 2.76 bits per heavy atom. The Bertz CT molecular complexity index is 1060. The van der Waals surface area contributed by atoms with Gasteiger partial charge in [-0.15, -0.1) is 0 Å². The van der Waals surface area contributed by atoms with Crippen LogP contribution in [0.5, 0.6) is 0 Å². The number of amides is 1. The molecule has 0 bridgehead atoms. The summed E-state index contributed by atoms with van der Waals surface area (Å²) < 4.78 is 53.3. The zero-order valence-corrected chi connectivity index (χ0v) is 20.9. The van der Waals surface area contributed by atoms with Gasteiger partial charge in [0.05, 0.1) is 43.4 Å². The fourth-order valence-electron chi connectivity index (χ4n) is 4.01. The first kappa shape index (κ1) is 26.3. The molecule has 3 rings (SSSR count). The number of sulfone groups is 1. The molecule has 0 aliphatic carbocycles. The first-order valence-corrected chi connectivity index (χ1v) is 13.3. The van der Waals surface area contributed by atoms with E-state index >= 15 is 0 Å². The van der Waals surface area contributed by atoms with Crippen molar-refractivity contribution in [3.8, 4) is 0 Å². The summed E-state index contributed by atoms with van der Waals surface area (Å²) in [6, 6.07) is 5.82. The number of ether oxygens (including phenoxy) is 2. The van der Waals surface area contributed by atoms with Crippen LogP contribution in [0, 0.1) is 11.7 Å². The Morgan fingerprint density at radius 1 is 1.35 bits per heavy atom. The van der Waals surface area contributed by atoms with Gasteiger partial charge in [0.2, 0.25) is 20.9 Å². The van der Waals surface area contributed by atoms with E-state index in [1.54, 1.807) is 22.6 Å². The molecule has 0 radical (unpaired) electrons. The maximum Gasteiger partial charge on any atom is 0.228 e. The molecule has 1 aromatic carbocycles. The van der Waals surface area contributed by atoms with Crippen LogP contribution in [-0.2, 0) is 42.9 Å². The van der Waals surface area contributed by atoms with Crippen molar-refractivity contribution < 1.29 is 27.1 Å². The molecule has 1 saturated heterocycles. The first-order valence-electron chi connectivity index (χ1n) is 11.6. The monoisotopic (exact) mass is 495 g/mol. The predicted molar refractivity (Wildman–Crippen MR) is 125 cm³/mol. The molecule has 1 aromatic heterocycles. The molecule has 0 N–H and O–H groups in total. The van der Waals surface area contributed by atoms with Gasteiger partial charge < -0.3 is 18.9 Å². The lowest BCUT2D eigenvalue weighted by molar-refractivity contribution is -0.133. The molecule has 1 aliphatic heterocycles. The van der Waals surface area contributed by atoms with Crippen molar-refractivity contribution >= 4 is 15.7 Å². The van der Waals surface area contributed by atoms with Gasteiger partial charge in [-0.1, -0.05) is 32.0 Å². The predicted octanol–water partition coefficient (Wildman–Crippen LogP) is 3.20. The number of hydrogen-bond acceptors (Lipinski definition) is 6. The normalized spacial score (nSPS) is 16.3. The van der Waals surface area contributed by atoms with Gasteiger partial charge in [0.15, 0.2) is 0 Å². The van der Waals surface area contributed by atoms with Crippen LogP contribution >= 0.6 is 0 Å². The standard InChI is InChI=1S/C24H34FN3O5S/c1-18(2)13-23(29)27(10-12-32-3)15-20-14-26-24(28(20)16-21-8-6-11-33-21)34(30,31)17-19-7-4-5-9-22(19)25/h4-5,7,9,14,18,21H,6,8,10-13,15-17H2,1-3H3. The van der Waals surface area contributed by atoms with Gasteiger partial charge in [-0.3, -0.25) is 4.79 Å². The number of rotatable bonds is 12. The first-order chi connectivity index (χ1) is 16.2. The number of hydrogen-bond donors (Lipinski definition) is 0. The third kappa shape index (κ3) is 6.86. The van der Waals surface area contributed by atoms with Crippen molar-refractivity contribution in [2.24, 2.45) is 5.92 Å². The molecule has 1 unspecified atom stereocenters. The van der Waals surface area contributed by atoms with Crippen LogP contribution in [0.15, 0.2) is 35.6 Å². The van der Waals surface area contributed by atoms with Crippen LogP contribution in [0.25, 0.3) is 0 Å². The number of carbonyl (C=O) groups is 1. The Hall–Kier alpha value is -2.30. The fraction of sp³-hybridized carbons (Fsp3) is 0.583. The lowest BCUT2D eigenvalue weighted by atomic mass is 10.1. The zero-order chi connectivity index (χ0) is 24.7. The second kappa shape index (κ2) is 11.9. The van der Waals surface area contributed by atoms with E-state index in [9.17, 15) is 17.6 Å². The molecular formula is C24H34FN3O5S. The number of carbonyl (C=O) groups excluding carboxylic acids is 1. The third-order valence-corrected chi connectivity index (χ3v) is 7.32. The second-order valence-electron chi connectivity index (χ2n) is 9.03. The maximum absolute atomic E-state index is 14.2. The highest BCUT2D eigenvalue weighted by molar-refractivity contribution is 7.90. The van der Waals surface area contributed by atoms with Crippen LogP contribution in [-0.4, -0.2) is 61.7 Å². The van der Waals surface area contributed by atoms with Gasteiger partial charge >= 0.3 is 0 Å². The summed E-state index contributed by atoms with van der Waals surface area (Å²) >= 11 is 0. The minimum absolute atomic E-state index is 0.0346. The van der Waals surface area contributed by atoms with Crippen molar-refractivity contribution in [1.29, 1.82) is 0 Å². The fourth-order valence-corrected chi connectivity index (χ4v) is 5.52. The molecule has 1 atom stereocenters. The smallest absolute Gasteiger partial charge is 0.228 e. The van der Waals surface area contributed by atoms with E-state index in [0.29, 0.717) is 38.4 Å². The summed E-state index contributed by atoms with van der Waals surface area (Å²) in [5.74, 6) is -0.923. The Balaban J connectivity index is 1.93. The van der Waals surface area contributed by atoms with Crippen LogP contribution in [0.1, 0.15) is 44.4 Å². The lowest BCUT2D eigenvalue weighted by Crippen LogP contribution is -2.35. The highest BCUT2D eigenvalue weighted by Gasteiger charge is 2.29. The average molecular weight is 496 g/mol. The van der Waals surface area contributed by atoms with E-state index in [-0.39, 0.29) is 35.2 Å². The molecule has 188 valence electrons. The number of benzene rings is 1. The van der Waals surface area contributed by atoms with Crippen LogP contribution in [0.4, 0.5) is 4.39 Å².